The lowest BCUT2D eigenvalue weighted by Gasteiger charge is -2.20. The summed E-state index contributed by atoms with van der Waals surface area (Å²) in [5.74, 6) is -1.73. The van der Waals surface area contributed by atoms with Gasteiger partial charge in [-0.3, -0.25) is 4.79 Å². The first-order valence-electron chi connectivity index (χ1n) is 4.08. The van der Waals surface area contributed by atoms with E-state index in [2.05, 4.69) is 5.32 Å². The molecule has 6 heteroatoms. The predicted molar refractivity (Wildman–Crippen MR) is 40.1 cm³/mol. The maximum atomic E-state index is 12.0. The second-order valence-corrected chi connectivity index (χ2v) is 2.89. The van der Waals surface area contributed by atoms with Gasteiger partial charge in [0, 0.05) is 19.6 Å². The van der Waals surface area contributed by atoms with Gasteiger partial charge in [0.25, 0.3) is 0 Å². The zero-order valence-electron chi connectivity index (χ0n) is 7.02. The number of rotatable bonds is 0. The number of carbonyl (C=O) groups is 1. The maximum absolute atomic E-state index is 12.0. The Kier molecular flexibility index (Phi) is 3.13. The molecule has 1 aliphatic rings. The molecule has 13 heavy (non-hydrogen) atoms. The van der Waals surface area contributed by atoms with Crippen LogP contribution in [0.3, 0.4) is 0 Å². The fourth-order valence-electron chi connectivity index (χ4n) is 1.23. The fourth-order valence-corrected chi connectivity index (χ4v) is 1.23. The molecular weight excluding hydrogens is 185 g/mol. The molecule has 0 atom stereocenters. The van der Waals surface area contributed by atoms with Gasteiger partial charge < -0.3 is 10.2 Å². The standard InChI is InChI=1S/C7H11F3N2O/c8-7(9,10)6(13)12-4-1-2-11-3-5-12/h11H,1-5H2. The lowest BCUT2D eigenvalue weighted by Crippen LogP contribution is -2.42. The minimum atomic E-state index is -4.73. The van der Waals surface area contributed by atoms with E-state index in [1.807, 2.05) is 0 Å². The summed E-state index contributed by atoms with van der Waals surface area (Å²) >= 11 is 0. The van der Waals surface area contributed by atoms with Crippen molar-refractivity contribution in [1.29, 1.82) is 0 Å². The van der Waals surface area contributed by atoms with Crippen LogP contribution >= 0.6 is 0 Å². The Balaban J connectivity index is 2.54. The second kappa shape index (κ2) is 3.95. The average Bonchev–Trinajstić information content (AvgIpc) is 2.28. The summed E-state index contributed by atoms with van der Waals surface area (Å²) in [6.07, 6.45) is -4.16. The van der Waals surface area contributed by atoms with Crippen molar-refractivity contribution in [3.8, 4) is 0 Å². The smallest absolute Gasteiger partial charge is 0.334 e. The van der Waals surface area contributed by atoms with E-state index in [0.29, 0.717) is 19.5 Å². The summed E-state index contributed by atoms with van der Waals surface area (Å²) < 4.78 is 35.9. The van der Waals surface area contributed by atoms with Crippen molar-refractivity contribution < 1.29 is 18.0 Å². The number of halogens is 3. The Morgan fingerprint density at radius 3 is 2.54 bits per heavy atom. The Morgan fingerprint density at radius 2 is 1.92 bits per heavy atom. The monoisotopic (exact) mass is 196 g/mol. The molecule has 1 fully saturated rings. The van der Waals surface area contributed by atoms with Crippen LogP contribution in [0.1, 0.15) is 6.42 Å². The summed E-state index contributed by atoms with van der Waals surface area (Å²) in [5, 5.41) is 2.92. The molecule has 1 N–H and O–H groups in total. The second-order valence-electron chi connectivity index (χ2n) is 2.89. The molecule has 1 aliphatic heterocycles. The van der Waals surface area contributed by atoms with Crippen LogP contribution in [0.25, 0.3) is 0 Å². The SMILES string of the molecule is O=C(N1CCCNCC1)C(F)(F)F. The Hall–Kier alpha value is -0.780. The van der Waals surface area contributed by atoms with Crippen LogP contribution in [0, 0.1) is 0 Å². The van der Waals surface area contributed by atoms with Crippen molar-refractivity contribution in [2.24, 2.45) is 0 Å². The molecule has 0 saturated carbocycles. The van der Waals surface area contributed by atoms with Gasteiger partial charge in [-0.15, -0.1) is 0 Å². The molecule has 0 unspecified atom stereocenters. The number of hydrogen-bond donors (Lipinski definition) is 1. The van der Waals surface area contributed by atoms with Crippen LogP contribution in [-0.2, 0) is 4.79 Å². The van der Waals surface area contributed by atoms with Crippen LogP contribution in [0.15, 0.2) is 0 Å². The highest BCUT2D eigenvalue weighted by molar-refractivity contribution is 5.81. The highest BCUT2D eigenvalue weighted by Crippen LogP contribution is 2.18. The molecule has 3 nitrogen and oxygen atoms in total. The van der Waals surface area contributed by atoms with Crippen LogP contribution in [0.4, 0.5) is 13.2 Å². The number of alkyl halides is 3. The van der Waals surface area contributed by atoms with Crippen molar-refractivity contribution >= 4 is 5.91 Å². The Labute approximate surface area is 73.9 Å². The molecule has 1 amide bonds. The molecule has 0 aromatic carbocycles. The van der Waals surface area contributed by atoms with E-state index in [0.717, 1.165) is 4.90 Å². The summed E-state index contributed by atoms with van der Waals surface area (Å²) in [4.78, 5) is 11.6. The molecule has 1 rings (SSSR count). The zero-order chi connectivity index (χ0) is 9.90. The molecule has 0 aliphatic carbocycles. The van der Waals surface area contributed by atoms with Gasteiger partial charge in [0.05, 0.1) is 0 Å². The molecular formula is C7H11F3N2O. The number of carbonyl (C=O) groups excluding carboxylic acids is 1. The molecule has 1 heterocycles. The molecule has 0 aromatic heterocycles. The van der Waals surface area contributed by atoms with E-state index in [4.69, 9.17) is 0 Å². The molecule has 0 spiro atoms. The normalized spacial score (nSPS) is 19.8. The maximum Gasteiger partial charge on any atom is 0.471 e. The van der Waals surface area contributed by atoms with E-state index < -0.39 is 12.1 Å². The van der Waals surface area contributed by atoms with Crippen molar-refractivity contribution in [3.63, 3.8) is 0 Å². The van der Waals surface area contributed by atoms with Crippen LogP contribution in [0.2, 0.25) is 0 Å². The lowest BCUT2D eigenvalue weighted by molar-refractivity contribution is -0.185. The van der Waals surface area contributed by atoms with Gasteiger partial charge >= 0.3 is 12.1 Å². The van der Waals surface area contributed by atoms with E-state index in [-0.39, 0.29) is 13.1 Å². The lowest BCUT2D eigenvalue weighted by atomic mass is 10.4. The molecule has 0 radical (unpaired) electrons. The Bertz CT molecular complexity index is 185. The number of hydrogen-bond acceptors (Lipinski definition) is 2. The van der Waals surface area contributed by atoms with Crippen LogP contribution < -0.4 is 5.32 Å². The largest absolute Gasteiger partial charge is 0.471 e. The van der Waals surface area contributed by atoms with Crippen LogP contribution in [-0.4, -0.2) is 43.2 Å². The number of nitrogens with one attached hydrogen (secondary N) is 1. The van der Waals surface area contributed by atoms with Gasteiger partial charge in [0.1, 0.15) is 0 Å². The zero-order valence-corrected chi connectivity index (χ0v) is 7.02. The topological polar surface area (TPSA) is 32.3 Å². The highest BCUT2D eigenvalue weighted by Gasteiger charge is 2.42. The summed E-state index contributed by atoms with van der Waals surface area (Å²) in [6.45, 7) is 1.42. The predicted octanol–water partition coefficient (Wildman–Crippen LogP) is 0.371. The van der Waals surface area contributed by atoms with Crippen molar-refractivity contribution in [2.45, 2.75) is 12.6 Å². The average molecular weight is 196 g/mol. The van der Waals surface area contributed by atoms with Gasteiger partial charge in [-0.1, -0.05) is 0 Å². The quantitative estimate of drug-likeness (QED) is 0.607. The number of amides is 1. The minimum absolute atomic E-state index is 0.137. The van der Waals surface area contributed by atoms with E-state index in [1.54, 1.807) is 0 Å². The van der Waals surface area contributed by atoms with Gasteiger partial charge in [-0.25, -0.2) is 0 Å². The minimum Gasteiger partial charge on any atom is -0.334 e. The van der Waals surface area contributed by atoms with Crippen molar-refractivity contribution in [1.82, 2.24) is 10.2 Å². The first-order chi connectivity index (χ1) is 6.02. The first kappa shape index (κ1) is 10.3. The third-order valence-corrected chi connectivity index (χ3v) is 1.87. The molecule has 0 bridgehead atoms. The van der Waals surface area contributed by atoms with E-state index in [1.165, 1.54) is 0 Å². The van der Waals surface area contributed by atoms with Gasteiger partial charge in [-0.05, 0) is 13.0 Å². The first-order valence-corrected chi connectivity index (χ1v) is 4.08. The molecule has 0 aromatic rings. The number of nitrogens with zero attached hydrogens (tertiary/aromatic N) is 1. The highest BCUT2D eigenvalue weighted by atomic mass is 19.4. The van der Waals surface area contributed by atoms with Crippen molar-refractivity contribution in [2.75, 3.05) is 26.2 Å². The van der Waals surface area contributed by atoms with Gasteiger partial charge in [0.15, 0.2) is 0 Å². The molecule has 76 valence electrons. The summed E-state index contributed by atoms with van der Waals surface area (Å²) in [5.41, 5.74) is 0. The van der Waals surface area contributed by atoms with Gasteiger partial charge in [-0.2, -0.15) is 13.2 Å². The molecule has 1 saturated heterocycles. The third kappa shape index (κ3) is 2.87. The fraction of sp³-hybridized carbons (Fsp3) is 0.857. The van der Waals surface area contributed by atoms with Crippen molar-refractivity contribution in [3.05, 3.63) is 0 Å². The summed E-state index contributed by atoms with van der Waals surface area (Å²) in [7, 11) is 0. The van der Waals surface area contributed by atoms with E-state index in [9.17, 15) is 18.0 Å². The van der Waals surface area contributed by atoms with Gasteiger partial charge in [0.2, 0.25) is 0 Å². The summed E-state index contributed by atoms with van der Waals surface area (Å²) in [6, 6.07) is 0. The van der Waals surface area contributed by atoms with Crippen LogP contribution in [0.5, 0.6) is 0 Å². The third-order valence-electron chi connectivity index (χ3n) is 1.87. The Morgan fingerprint density at radius 1 is 1.23 bits per heavy atom. The van der Waals surface area contributed by atoms with E-state index >= 15 is 0 Å².